The quantitative estimate of drug-likeness (QED) is 0.0839. The Bertz CT molecular complexity index is 2160. The Labute approximate surface area is 371 Å². The largest absolute Gasteiger partial charge is 0.477 e. The number of hydrogen-bond acceptors (Lipinski definition) is 11. The van der Waals surface area contributed by atoms with Crippen LogP contribution in [0.3, 0.4) is 0 Å². The zero-order valence-electron chi connectivity index (χ0n) is 37.6. The molecule has 2 heterocycles. The predicted molar refractivity (Wildman–Crippen MR) is 231 cm³/mol. The molecular weight excluding hydrogens is 801 g/mol. The first kappa shape index (κ1) is 43.2. The van der Waals surface area contributed by atoms with E-state index in [4.69, 9.17) is 23.7 Å². The minimum atomic E-state index is -1.02. The lowest BCUT2D eigenvalue weighted by molar-refractivity contribution is -0.288. The molecule has 5 saturated carbocycles. The molecule has 11 heteroatoms. The summed E-state index contributed by atoms with van der Waals surface area (Å²) in [5, 5.41) is 11.8. The van der Waals surface area contributed by atoms with E-state index in [0.29, 0.717) is 75.9 Å². The summed E-state index contributed by atoms with van der Waals surface area (Å²) in [4.78, 5) is 66.0. The highest BCUT2D eigenvalue weighted by Crippen LogP contribution is 2.73. The van der Waals surface area contributed by atoms with Gasteiger partial charge in [0.25, 0.3) is 0 Å². The maximum Gasteiger partial charge on any atom is 0.311 e. The fourth-order valence-electron chi connectivity index (χ4n) is 16.4. The molecule has 10 rings (SSSR count). The first-order valence-corrected chi connectivity index (χ1v) is 24.2. The smallest absolute Gasteiger partial charge is 0.311 e. The summed E-state index contributed by atoms with van der Waals surface area (Å²) in [7, 11) is 1.80. The van der Waals surface area contributed by atoms with Crippen LogP contribution >= 0.6 is 0 Å². The molecule has 2 spiro atoms. The zero-order chi connectivity index (χ0) is 44.2. The molecule has 1 N–H and O–H groups in total. The molecule has 63 heavy (non-hydrogen) atoms. The van der Waals surface area contributed by atoms with E-state index in [-0.39, 0.29) is 77.3 Å². The topological polar surface area (TPSA) is 152 Å². The molecule has 9 aliphatic rings. The van der Waals surface area contributed by atoms with Crippen LogP contribution in [-0.4, -0.2) is 78.1 Å². The van der Waals surface area contributed by atoms with Crippen molar-refractivity contribution >= 4 is 29.3 Å². The second-order valence-corrected chi connectivity index (χ2v) is 21.7. The van der Waals surface area contributed by atoms with Crippen molar-refractivity contribution in [3.8, 4) is 11.5 Å². The van der Waals surface area contributed by atoms with Crippen molar-refractivity contribution < 1.29 is 52.8 Å². The van der Waals surface area contributed by atoms with E-state index >= 15 is 0 Å². The van der Waals surface area contributed by atoms with Crippen molar-refractivity contribution in [3.63, 3.8) is 0 Å². The number of benzene rings is 1. The molecule has 1 aromatic carbocycles. The van der Waals surface area contributed by atoms with E-state index in [1.807, 2.05) is 18.2 Å². The average molecular weight is 867 g/mol. The van der Waals surface area contributed by atoms with Crippen LogP contribution in [0.15, 0.2) is 36.4 Å². The van der Waals surface area contributed by atoms with Gasteiger partial charge in [0.2, 0.25) is 5.78 Å². The van der Waals surface area contributed by atoms with E-state index < -0.39 is 40.2 Å². The maximum absolute atomic E-state index is 13.9. The van der Waals surface area contributed by atoms with Gasteiger partial charge in [-0.2, -0.15) is 0 Å². The molecule has 0 radical (unpaired) electrons. The molecule has 7 aliphatic carbocycles. The summed E-state index contributed by atoms with van der Waals surface area (Å²) >= 11 is 0. The van der Waals surface area contributed by atoms with Crippen molar-refractivity contribution in [2.45, 2.75) is 171 Å². The van der Waals surface area contributed by atoms with Gasteiger partial charge in [0, 0.05) is 43.8 Å². The number of aliphatic hydroxyl groups is 1. The van der Waals surface area contributed by atoms with E-state index in [1.165, 1.54) is 5.57 Å². The summed E-state index contributed by atoms with van der Waals surface area (Å²) in [5.74, 6) is 0.933. The van der Waals surface area contributed by atoms with Crippen LogP contribution in [-0.2, 0) is 50.0 Å². The summed E-state index contributed by atoms with van der Waals surface area (Å²) in [6.07, 6.45) is 16.0. The number of ether oxygens (including phenoxy) is 5. The van der Waals surface area contributed by atoms with E-state index in [2.05, 4.69) is 26.5 Å². The maximum atomic E-state index is 13.9. The summed E-state index contributed by atoms with van der Waals surface area (Å²) in [5.41, 5.74) is 0.451. The standard InChI is InChI=1S/C52H66O11/c1-5-20-47(2)21-10-22-50-43-31-13-16-38(45(43)63-46(50)36(54)19-25-51(50,59-4)39(47)26-31)62-42(58)12-9-7-6-8-11-41(57)60-29-40(56)52-24-18-35-34-15-14-32-27-33(53)17-23-48(32,3)44(34)37(55)28-49(35,52)30-61-52/h5,13,16,27,34-35,37,39,44,46,55H,1,6-12,14-15,17-26,28-30H2,2-4H3/t34-,35-,37-,39-,44+,46-,47?,48-,49+,50?,51+,52-/m0/s1. The molecular formula is C52H66O11. The number of aliphatic hydroxyl groups excluding tert-OH is 1. The second-order valence-electron chi connectivity index (χ2n) is 21.7. The number of fused-ring (bicyclic) bond motifs is 4. The highest BCUT2D eigenvalue weighted by Gasteiger charge is 2.77. The molecule has 0 amide bonds. The summed E-state index contributed by atoms with van der Waals surface area (Å²) in [6, 6.07) is 3.90. The number of methoxy groups -OCH3 is 1. The van der Waals surface area contributed by atoms with Gasteiger partial charge >= 0.3 is 11.9 Å². The number of unbranched alkanes of at least 4 members (excludes halogenated alkanes) is 3. The van der Waals surface area contributed by atoms with Crippen molar-refractivity contribution in [1.29, 1.82) is 0 Å². The summed E-state index contributed by atoms with van der Waals surface area (Å²) < 4.78 is 31.0. The van der Waals surface area contributed by atoms with Crippen LogP contribution in [0.25, 0.3) is 0 Å². The first-order chi connectivity index (χ1) is 30.2. The van der Waals surface area contributed by atoms with Crippen molar-refractivity contribution in [2.24, 2.45) is 39.9 Å². The third-order valence-corrected chi connectivity index (χ3v) is 19.1. The zero-order valence-corrected chi connectivity index (χ0v) is 37.6. The fourth-order valence-corrected chi connectivity index (χ4v) is 16.4. The highest BCUT2D eigenvalue weighted by atomic mass is 16.6. The Kier molecular flexibility index (Phi) is 10.6. The number of rotatable bonds is 14. The molecule has 11 nitrogen and oxygen atoms in total. The number of carbonyl (C=O) groups excluding carboxylic acids is 5. The minimum absolute atomic E-state index is 0.0332. The highest BCUT2D eigenvalue weighted by molar-refractivity contribution is 5.93. The Morgan fingerprint density at radius 2 is 1.75 bits per heavy atom. The van der Waals surface area contributed by atoms with E-state index in [0.717, 1.165) is 68.9 Å². The predicted octanol–water partition coefficient (Wildman–Crippen LogP) is 7.98. The normalized spacial score (nSPS) is 41.2. The van der Waals surface area contributed by atoms with Gasteiger partial charge < -0.3 is 28.8 Å². The van der Waals surface area contributed by atoms with E-state index in [1.54, 1.807) is 7.11 Å². The van der Waals surface area contributed by atoms with Gasteiger partial charge in [-0.3, -0.25) is 24.0 Å². The van der Waals surface area contributed by atoms with Gasteiger partial charge in [0.15, 0.2) is 35.8 Å². The number of carbonyl (C=O) groups is 5. The van der Waals surface area contributed by atoms with Crippen LogP contribution in [0.5, 0.6) is 11.5 Å². The first-order valence-electron chi connectivity index (χ1n) is 24.2. The number of allylic oxidation sites excluding steroid dienone is 2. The monoisotopic (exact) mass is 866 g/mol. The molecule has 340 valence electrons. The average Bonchev–Trinajstić information content (AvgIpc) is 3.71. The number of esters is 2. The molecule has 2 bridgehead atoms. The Balaban J connectivity index is 0.707. The van der Waals surface area contributed by atoms with Gasteiger partial charge in [-0.1, -0.05) is 50.8 Å². The minimum Gasteiger partial charge on any atom is -0.477 e. The van der Waals surface area contributed by atoms with Crippen molar-refractivity contribution in [2.75, 3.05) is 20.3 Å². The van der Waals surface area contributed by atoms with E-state index in [9.17, 15) is 29.1 Å². The molecule has 2 aliphatic heterocycles. The SMILES string of the molecule is C=CCC1(C)CCCC23c4c5ccc(OC(=O)CCCCCCC(=O)OCC(=O)[C@@]67CC[C@H]8[C@@H]9CCC%10=CC(=O)CC[C@]%10(C)[C@H]9[C@@H](O)C[C@@]86CO7)c4O[C@H]2C(=O)CC[C@@]3(OC)[C@H]1C5. The number of ketones is 3. The fraction of sp³-hybridized carbons (Fsp3) is 0.712. The van der Waals surface area contributed by atoms with Gasteiger partial charge in [-0.15, -0.1) is 6.58 Å². The van der Waals surface area contributed by atoms with Crippen LogP contribution < -0.4 is 9.47 Å². The Morgan fingerprint density at radius 1 is 0.952 bits per heavy atom. The van der Waals surface area contributed by atoms with Crippen molar-refractivity contribution in [1.82, 2.24) is 0 Å². The third-order valence-electron chi connectivity index (χ3n) is 19.1. The second kappa shape index (κ2) is 15.5. The molecule has 2 unspecified atom stereocenters. The van der Waals surface area contributed by atoms with Crippen LogP contribution in [0.4, 0.5) is 0 Å². The lowest BCUT2D eigenvalue weighted by Crippen LogP contribution is -2.72. The molecule has 12 atom stereocenters. The molecule has 6 fully saturated rings. The lowest BCUT2D eigenvalue weighted by atomic mass is 9.44. The summed E-state index contributed by atoms with van der Waals surface area (Å²) in [6.45, 7) is 8.79. The van der Waals surface area contributed by atoms with Crippen molar-refractivity contribution in [3.05, 3.63) is 47.6 Å². The van der Waals surface area contributed by atoms with Gasteiger partial charge in [0.05, 0.1) is 23.7 Å². The number of Topliss-reactive ketones (excluding diaryl/α,β-unsaturated/α-hetero) is 2. The van der Waals surface area contributed by atoms with Crippen LogP contribution in [0.2, 0.25) is 0 Å². The molecule has 1 aromatic rings. The molecule has 0 aromatic heterocycles. The molecule has 1 saturated heterocycles. The Morgan fingerprint density at radius 3 is 2.49 bits per heavy atom. The Hall–Kier alpha value is -3.67. The van der Waals surface area contributed by atoms with Gasteiger partial charge in [-0.05, 0) is 136 Å². The third kappa shape index (κ3) is 6.02. The number of hydrogen-bond donors (Lipinski definition) is 1. The van der Waals surface area contributed by atoms with Crippen LogP contribution in [0.1, 0.15) is 147 Å². The lowest BCUT2D eigenvalue weighted by Gasteiger charge is -2.65. The van der Waals surface area contributed by atoms with Gasteiger partial charge in [-0.25, -0.2) is 0 Å². The van der Waals surface area contributed by atoms with Gasteiger partial charge in [0.1, 0.15) is 5.60 Å². The van der Waals surface area contributed by atoms with Crippen LogP contribution in [0, 0.1) is 39.9 Å².